The number of carbonyl (C=O) groups is 3. The van der Waals surface area contributed by atoms with Gasteiger partial charge in [0.1, 0.15) is 5.69 Å². The highest BCUT2D eigenvalue weighted by Crippen LogP contribution is 2.42. The van der Waals surface area contributed by atoms with E-state index in [-0.39, 0.29) is 23.8 Å². The fourth-order valence-corrected chi connectivity index (χ4v) is 6.07. The molecule has 3 aromatic rings. The molecule has 1 N–H and O–H groups in total. The Morgan fingerprint density at radius 2 is 1.83 bits per heavy atom. The van der Waals surface area contributed by atoms with Crippen molar-refractivity contribution < 1.29 is 14.4 Å². The van der Waals surface area contributed by atoms with E-state index in [2.05, 4.69) is 17.2 Å². The van der Waals surface area contributed by atoms with Gasteiger partial charge in [-0.3, -0.25) is 14.4 Å². The molecule has 2 aliphatic carbocycles. The molecule has 5 rings (SSSR count). The molecule has 0 saturated heterocycles. The maximum absolute atomic E-state index is 13.7. The number of amides is 2. The molecule has 2 amide bonds. The Morgan fingerprint density at radius 3 is 2.42 bits per heavy atom. The molecular weight excluding hydrogens is 472 g/mol. The van der Waals surface area contributed by atoms with Gasteiger partial charge in [0.2, 0.25) is 5.91 Å². The summed E-state index contributed by atoms with van der Waals surface area (Å²) in [6, 6.07) is 9.72. The van der Waals surface area contributed by atoms with Crippen molar-refractivity contribution in [2.45, 2.75) is 57.9 Å². The highest BCUT2D eigenvalue weighted by Gasteiger charge is 2.37. The van der Waals surface area contributed by atoms with E-state index in [1.807, 2.05) is 42.3 Å². The van der Waals surface area contributed by atoms with Crippen molar-refractivity contribution in [1.82, 2.24) is 9.55 Å². The van der Waals surface area contributed by atoms with Gasteiger partial charge in [0.05, 0.1) is 16.9 Å². The first-order valence-corrected chi connectivity index (χ1v) is 13.6. The number of hydrogen-bond donors (Lipinski definition) is 1. The van der Waals surface area contributed by atoms with E-state index >= 15 is 0 Å². The van der Waals surface area contributed by atoms with Gasteiger partial charge in [-0.15, -0.1) is 11.3 Å². The molecule has 7 nitrogen and oxygen atoms in total. The molecule has 2 heterocycles. The molecule has 2 saturated carbocycles. The summed E-state index contributed by atoms with van der Waals surface area (Å²) in [7, 11) is 1.82. The summed E-state index contributed by atoms with van der Waals surface area (Å²) >= 11 is 1.41. The first-order chi connectivity index (χ1) is 17.4. The molecule has 0 unspecified atom stereocenters. The number of nitrogens with zero attached hydrogens (tertiary/aromatic N) is 3. The lowest BCUT2D eigenvalue weighted by molar-refractivity contribution is -0.124. The smallest absolute Gasteiger partial charge is 0.275 e. The predicted molar refractivity (Wildman–Crippen MR) is 143 cm³/mol. The van der Waals surface area contributed by atoms with Crippen molar-refractivity contribution in [2.24, 2.45) is 18.9 Å². The number of benzene rings is 1. The minimum absolute atomic E-state index is 0.0478. The van der Waals surface area contributed by atoms with Crippen LogP contribution in [0.25, 0.3) is 10.4 Å². The molecule has 2 aliphatic rings. The van der Waals surface area contributed by atoms with E-state index < -0.39 is 0 Å². The Morgan fingerprint density at radius 1 is 1.11 bits per heavy atom. The fourth-order valence-electron chi connectivity index (χ4n) is 5.10. The number of thiophene rings is 1. The first-order valence-electron chi connectivity index (χ1n) is 12.7. The van der Waals surface area contributed by atoms with Crippen molar-refractivity contribution in [3.8, 4) is 10.4 Å². The maximum Gasteiger partial charge on any atom is 0.275 e. The number of hydrogen-bond acceptors (Lipinski definition) is 5. The number of imidazole rings is 1. The minimum atomic E-state index is -0.267. The molecule has 2 fully saturated rings. The van der Waals surface area contributed by atoms with Crippen LogP contribution in [0.2, 0.25) is 0 Å². The third kappa shape index (κ3) is 5.00. The van der Waals surface area contributed by atoms with E-state index in [9.17, 15) is 14.4 Å². The van der Waals surface area contributed by atoms with Gasteiger partial charge in [0, 0.05) is 35.8 Å². The third-order valence-corrected chi connectivity index (χ3v) is 8.61. The molecule has 0 aliphatic heterocycles. The van der Waals surface area contributed by atoms with Gasteiger partial charge >= 0.3 is 0 Å². The van der Waals surface area contributed by atoms with Crippen molar-refractivity contribution in [3.63, 3.8) is 0 Å². The molecule has 36 heavy (non-hydrogen) atoms. The Balaban J connectivity index is 1.37. The lowest BCUT2D eigenvalue weighted by atomic mass is 9.81. The summed E-state index contributed by atoms with van der Waals surface area (Å²) in [5.41, 5.74) is 2.72. The van der Waals surface area contributed by atoms with Crippen molar-refractivity contribution in [3.05, 3.63) is 53.4 Å². The molecule has 8 heteroatoms. The van der Waals surface area contributed by atoms with Crippen LogP contribution in [-0.4, -0.2) is 33.7 Å². The molecule has 0 bridgehead atoms. The molecule has 188 valence electrons. The number of aromatic nitrogens is 2. The highest BCUT2D eigenvalue weighted by atomic mass is 32.1. The fraction of sp³-hybridized carbons (Fsp3) is 0.429. The van der Waals surface area contributed by atoms with E-state index in [4.69, 9.17) is 0 Å². The zero-order valence-corrected chi connectivity index (χ0v) is 21.6. The van der Waals surface area contributed by atoms with Gasteiger partial charge in [0.25, 0.3) is 5.91 Å². The first kappa shape index (κ1) is 24.4. The van der Waals surface area contributed by atoms with Crippen LogP contribution in [-0.2, 0) is 11.8 Å². The lowest BCUT2D eigenvalue weighted by Crippen LogP contribution is -2.48. The number of anilines is 2. The van der Waals surface area contributed by atoms with Gasteiger partial charge in [-0.25, -0.2) is 4.98 Å². The van der Waals surface area contributed by atoms with Gasteiger partial charge in [-0.2, -0.15) is 0 Å². The lowest BCUT2D eigenvalue weighted by Gasteiger charge is -2.40. The standard InChI is InChI=1S/C28H32N4O3S/c1-18-6-8-20(9-7-18)28(35)32(22-4-3-5-22)24-14-25(36-26(24)16-33)19-10-12-21(13-11-19)30-27(34)23-15-31(2)17-29-23/h10-18,20,22H,3-9H2,1-2H3,(H,30,34). The van der Waals surface area contributed by atoms with Crippen LogP contribution in [0.5, 0.6) is 0 Å². The summed E-state index contributed by atoms with van der Waals surface area (Å²) < 4.78 is 1.73. The number of rotatable bonds is 7. The van der Waals surface area contributed by atoms with E-state index in [0.29, 0.717) is 22.2 Å². The quantitative estimate of drug-likeness (QED) is 0.405. The summed E-state index contributed by atoms with van der Waals surface area (Å²) in [5, 5.41) is 2.86. The minimum Gasteiger partial charge on any atom is -0.340 e. The van der Waals surface area contributed by atoms with Crippen LogP contribution in [0.15, 0.2) is 42.9 Å². The van der Waals surface area contributed by atoms with Gasteiger partial charge in [-0.05, 0) is 74.6 Å². The second-order valence-corrected chi connectivity index (χ2v) is 11.3. The monoisotopic (exact) mass is 504 g/mol. The zero-order chi connectivity index (χ0) is 25.2. The summed E-state index contributed by atoms with van der Waals surface area (Å²) in [6.07, 6.45) is 11.3. The molecular formula is C28H32N4O3S. The molecule has 1 aromatic carbocycles. The van der Waals surface area contributed by atoms with E-state index in [1.165, 1.54) is 11.3 Å². The topological polar surface area (TPSA) is 84.3 Å². The summed E-state index contributed by atoms with van der Waals surface area (Å²) in [4.78, 5) is 45.7. The average Bonchev–Trinajstić information content (AvgIpc) is 3.48. The van der Waals surface area contributed by atoms with E-state index in [0.717, 1.165) is 67.4 Å². The second-order valence-electron chi connectivity index (χ2n) is 10.2. The number of aldehydes is 1. The zero-order valence-electron chi connectivity index (χ0n) is 20.8. The Labute approximate surface area is 215 Å². The predicted octanol–water partition coefficient (Wildman–Crippen LogP) is 5.93. The van der Waals surface area contributed by atoms with Gasteiger partial charge in [0.15, 0.2) is 6.29 Å². The van der Waals surface area contributed by atoms with Crippen LogP contribution in [0.1, 0.15) is 72.0 Å². The van der Waals surface area contributed by atoms with Crippen LogP contribution in [0.4, 0.5) is 11.4 Å². The second kappa shape index (κ2) is 10.4. The van der Waals surface area contributed by atoms with Crippen LogP contribution in [0, 0.1) is 11.8 Å². The Kier molecular flexibility index (Phi) is 7.05. The Bertz CT molecular complexity index is 1250. The number of aryl methyl sites for hydroxylation is 1. The van der Waals surface area contributed by atoms with E-state index in [1.54, 1.807) is 17.1 Å². The molecule has 0 spiro atoms. The largest absolute Gasteiger partial charge is 0.340 e. The molecule has 0 atom stereocenters. The number of carbonyl (C=O) groups excluding carboxylic acids is 3. The van der Waals surface area contributed by atoms with Crippen molar-refractivity contribution in [2.75, 3.05) is 10.2 Å². The van der Waals surface area contributed by atoms with Crippen LogP contribution < -0.4 is 10.2 Å². The van der Waals surface area contributed by atoms with Gasteiger partial charge < -0.3 is 14.8 Å². The molecule has 2 aromatic heterocycles. The Hall–Kier alpha value is -3.26. The number of nitrogens with one attached hydrogen (secondary N) is 1. The summed E-state index contributed by atoms with van der Waals surface area (Å²) in [5.74, 6) is 0.649. The van der Waals surface area contributed by atoms with Crippen molar-refractivity contribution in [1.29, 1.82) is 0 Å². The summed E-state index contributed by atoms with van der Waals surface area (Å²) in [6.45, 7) is 2.26. The maximum atomic E-state index is 13.7. The normalized spacial score (nSPS) is 19.9. The highest BCUT2D eigenvalue weighted by molar-refractivity contribution is 7.17. The molecule has 0 radical (unpaired) electrons. The SMILES string of the molecule is CC1CCC(C(=O)N(c2cc(-c3ccc(NC(=O)c4cn(C)cn4)cc3)sc2C=O)C2CCC2)CC1. The van der Waals surface area contributed by atoms with Crippen molar-refractivity contribution >= 4 is 40.8 Å². The third-order valence-electron chi connectivity index (χ3n) is 7.51. The van der Waals surface area contributed by atoms with Crippen LogP contribution in [0.3, 0.4) is 0 Å². The average molecular weight is 505 g/mol. The van der Waals surface area contributed by atoms with Gasteiger partial charge in [-0.1, -0.05) is 19.1 Å². The van der Waals surface area contributed by atoms with Crippen LogP contribution >= 0.6 is 11.3 Å².